The van der Waals surface area contributed by atoms with Gasteiger partial charge in [0.25, 0.3) is 5.91 Å². The number of rotatable bonds is 6. The van der Waals surface area contributed by atoms with E-state index in [0.717, 1.165) is 11.1 Å². The first-order valence-electron chi connectivity index (χ1n) is 9.86. The zero-order valence-electron chi connectivity index (χ0n) is 18.0. The van der Waals surface area contributed by atoms with E-state index in [9.17, 15) is 14.9 Å². The Balaban J connectivity index is 1.69. The summed E-state index contributed by atoms with van der Waals surface area (Å²) >= 11 is 0. The molecule has 0 heterocycles. The van der Waals surface area contributed by atoms with Crippen LogP contribution < -0.4 is 14.8 Å². The maximum Gasteiger partial charge on any atom is 0.343 e. The molecule has 0 aromatic heterocycles. The molecular weight excluding hydrogens is 404 g/mol. The summed E-state index contributed by atoms with van der Waals surface area (Å²) in [6.45, 7) is 3.82. The molecule has 0 bridgehead atoms. The van der Waals surface area contributed by atoms with Gasteiger partial charge < -0.3 is 14.8 Å². The average Bonchev–Trinajstić information content (AvgIpc) is 2.80. The summed E-state index contributed by atoms with van der Waals surface area (Å²) in [4.78, 5) is 24.8. The van der Waals surface area contributed by atoms with Crippen LogP contribution in [0.5, 0.6) is 11.5 Å². The van der Waals surface area contributed by atoms with Crippen LogP contribution in [0.3, 0.4) is 0 Å². The van der Waals surface area contributed by atoms with Crippen molar-refractivity contribution in [1.29, 1.82) is 5.26 Å². The van der Waals surface area contributed by atoms with Gasteiger partial charge in [0.15, 0.2) is 0 Å². The number of hydrogen-bond donors (Lipinski definition) is 1. The summed E-state index contributed by atoms with van der Waals surface area (Å²) in [5, 5.41) is 12.2. The van der Waals surface area contributed by atoms with Crippen molar-refractivity contribution in [3.8, 4) is 17.6 Å². The Labute approximate surface area is 186 Å². The Bertz CT molecular complexity index is 1200. The topological polar surface area (TPSA) is 88.4 Å². The second kappa shape index (κ2) is 10.1. The van der Waals surface area contributed by atoms with E-state index in [1.807, 2.05) is 38.1 Å². The minimum Gasteiger partial charge on any atom is -0.497 e. The van der Waals surface area contributed by atoms with Gasteiger partial charge in [-0.05, 0) is 79.1 Å². The fourth-order valence-corrected chi connectivity index (χ4v) is 2.90. The summed E-state index contributed by atoms with van der Waals surface area (Å²) in [6, 6.07) is 20.8. The lowest BCUT2D eigenvalue weighted by Crippen LogP contribution is -2.14. The maximum absolute atomic E-state index is 12.5. The summed E-state index contributed by atoms with van der Waals surface area (Å²) < 4.78 is 10.4. The third-order valence-corrected chi connectivity index (χ3v) is 4.73. The molecule has 0 aliphatic rings. The van der Waals surface area contributed by atoms with Crippen molar-refractivity contribution in [3.63, 3.8) is 0 Å². The first-order valence-corrected chi connectivity index (χ1v) is 9.86. The molecule has 0 aliphatic carbocycles. The highest BCUT2D eigenvalue weighted by Crippen LogP contribution is 2.20. The van der Waals surface area contributed by atoms with Gasteiger partial charge in [0.1, 0.15) is 23.1 Å². The molecule has 0 fully saturated rings. The summed E-state index contributed by atoms with van der Waals surface area (Å²) in [5.74, 6) is 0.00617. The Hall–Kier alpha value is -4.37. The lowest BCUT2D eigenvalue weighted by atomic mass is 10.1. The number of aryl methyl sites for hydroxylation is 2. The number of carbonyl (C=O) groups excluding carboxylic acids is 2. The summed E-state index contributed by atoms with van der Waals surface area (Å²) in [7, 11) is 1.55. The Morgan fingerprint density at radius 2 is 1.59 bits per heavy atom. The van der Waals surface area contributed by atoms with E-state index in [4.69, 9.17) is 9.47 Å². The number of benzene rings is 3. The van der Waals surface area contributed by atoms with E-state index in [1.165, 1.54) is 6.08 Å². The Morgan fingerprint density at radius 1 is 0.938 bits per heavy atom. The number of nitrogens with one attached hydrogen (secondary N) is 1. The van der Waals surface area contributed by atoms with Gasteiger partial charge in [-0.1, -0.05) is 24.3 Å². The zero-order valence-corrected chi connectivity index (χ0v) is 18.0. The van der Waals surface area contributed by atoms with Crippen molar-refractivity contribution < 1.29 is 19.1 Å². The van der Waals surface area contributed by atoms with Gasteiger partial charge in [-0.2, -0.15) is 5.26 Å². The predicted octanol–water partition coefficient (Wildman–Crippen LogP) is 5.08. The SMILES string of the molecule is COc1ccc(C(=O)Oc2ccc(/C=C(\C#N)C(=O)Nc3cc(C)ccc3C)cc2)cc1. The smallest absolute Gasteiger partial charge is 0.343 e. The second-order valence-corrected chi connectivity index (χ2v) is 7.13. The molecule has 0 radical (unpaired) electrons. The molecule has 0 unspecified atom stereocenters. The van der Waals surface area contributed by atoms with Crippen LogP contribution in [0, 0.1) is 25.2 Å². The Kier molecular flexibility index (Phi) is 7.04. The Morgan fingerprint density at radius 3 is 2.22 bits per heavy atom. The molecule has 6 heteroatoms. The van der Waals surface area contributed by atoms with Crippen LogP contribution in [0.2, 0.25) is 0 Å². The number of amides is 1. The molecule has 0 saturated heterocycles. The summed E-state index contributed by atoms with van der Waals surface area (Å²) in [5.41, 5.74) is 3.56. The van der Waals surface area contributed by atoms with E-state index in [1.54, 1.807) is 55.6 Å². The van der Waals surface area contributed by atoms with Crippen LogP contribution in [-0.4, -0.2) is 19.0 Å². The van der Waals surface area contributed by atoms with Crippen molar-refractivity contribution in [2.75, 3.05) is 12.4 Å². The molecule has 1 N–H and O–H groups in total. The number of nitrogens with zero attached hydrogens (tertiary/aromatic N) is 1. The van der Waals surface area contributed by atoms with Gasteiger partial charge in [-0.15, -0.1) is 0 Å². The van der Waals surface area contributed by atoms with E-state index in [0.29, 0.717) is 28.3 Å². The number of anilines is 1. The number of esters is 1. The van der Waals surface area contributed by atoms with E-state index in [2.05, 4.69) is 5.32 Å². The van der Waals surface area contributed by atoms with Gasteiger partial charge in [0.2, 0.25) is 0 Å². The number of ether oxygens (including phenoxy) is 2. The molecule has 3 aromatic rings. The molecule has 1 amide bonds. The van der Waals surface area contributed by atoms with E-state index < -0.39 is 11.9 Å². The third-order valence-electron chi connectivity index (χ3n) is 4.73. The third kappa shape index (κ3) is 5.61. The highest BCUT2D eigenvalue weighted by atomic mass is 16.5. The van der Waals surface area contributed by atoms with Crippen LogP contribution >= 0.6 is 0 Å². The molecule has 3 aromatic carbocycles. The number of nitriles is 1. The van der Waals surface area contributed by atoms with E-state index in [-0.39, 0.29) is 5.57 Å². The fraction of sp³-hybridized carbons (Fsp3) is 0.115. The quantitative estimate of drug-likeness (QED) is 0.257. The van der Waals surface area contributed by atoms with Crippen molar-refractivity contribution in [1.82, 2.24) is 0 Å². The number of hydrogen-bond acceptors (Lipinski definition) is 5. The first-order chi connectivity index (χ1) is 15.4. The highest BCUT2D eigenvalue weighted by Gasteiger charge is 2.12. The second-order valence-electron chi connectivity index (χ2n) is 7.13. The minimum atomic E-state index is -0.499. The van der Waals surface area contributed by atoms with Crippen LogP contribution in [-0.2, 0) is 4.79 Å². The van der Waals surface area contributed by atoms with Gasteiger partial charge in [0.05, 0.1) is 12.7 Å². The summed E-state index contributed by atoms with van der Waals surface area (Å²) in [6.07, 6.45) is 1.48. The molecule has 0 spiro atoms. The van der Waals surface area contributed by atoms with Crippen molar-refractivity contribution in [2.45, 2.75) is 13.8 Å². The van der Waals surface area contributed by atoms with Crippen molar-refractivity contribution in [3.05, 3.63) is 94.6 Å². The molecule has 6 nitrogen and oxygen atoms in total. The van der Waals surface area contributed by atoms with Crippen LogP contribution in [0.1, 0.15) is 27.0 Å². The average molecular weight is 426 g/mol. The lowest BCUT2D eigenvalue weighted by Gasteiger charge is -2.09. The first kappa shape index (κ1) is 22.3. The standard InChI is InChI=1S/C26H22N2O4/c1-17-4-5-18(2)24(14-17)28-25(29)21(16-27)15-19-6-10-23(11-7-19)32-26(30)20-8-12-22(31-3)13-9-20/h4-15H,1-3H3,(H,28,29)/b21-15+. The zero-order chi connectivity index (χ0) is 23.1. The molecule has 0 aliphatic heterocycles. The van der Waals surface area contributed by atoms with Crippen LogP contribution in [0.25, 0.3) is 6.08 Å². The van der Waals surface area contributed by atoms with Gasteiger partial charge in [0, 0.05) is 5.69 Å². The van der Waals surface area contributed by atoms with Gasteiger partial charge in [-0.25, -0.2) is 4.79 Å². The molecule has 0 saturated carbocycles. The highest BCUT2D eigenvalue weighted by molar-refractivity contribution is 6.10. The van der Waals surface area contributed by atoms with Crippen molar-refractivity contribution >= 4 is 23.6 Å². The fourth-order valence-electron chi connectivity index (χ4n) is 2.90. The molecule has 0 atom stereocenters. The van der Waals surface area contributed by atoms with Crippen LogP contribution in [0.15, 0.2) is 72.3 Å². The molecular formula is C26H22N2O4. The largest absolute Gasteiger partial charge is 0.497 e. The predicted molar refractivity (Wildman–Crippen MR) is 123 cm³/mol. The number of methoxy groups -OCH3 is 1. The lowest BCUT2D eigenvalue weighted by molar-refractivity contribution is -0.112. The molecule has 3 rings (SSSR count). The van der Waals surface area contributed by atoms with Gasteiger partial charge in [-0.3, -0.25) is 4.79 Å². The maximum atomic E-state index is 12.5. The van der Waals surface area contributed by atoms with Crippen LogP contribution in [0.4, 0.5) is 5.69 Å². The van der Waals surface area contributed by atoms with Gasteiger partial charge >= 0.3 is 5.97 Å². The minimum absolute atomic E-state index is 0.0334. The normalized spacial score (nSPS) is 10.8. The molecule has 32 heavy (non-hydrogen) atoms. The molecule has 160 valence electrons. The monoisotopic (exact) mass is 426 g/mol. The van der Waals surface area contributed by atoms with E-state index >= 15 is 0 Å². The number of carbonyl (C=O) groups is 2. The van der Waals surface area contributed by atoms with Crippen molar-refractivity contribution in [2.24, 2.45) is 0 Å².